The Morgan fingerprint density at radius 3 is 2.85 bits per heavy atom. The maximum Gasteiger partial charge on any atom is 0.246 e. The minimum atomic E-state index is -0.0742. The topological polar surface area (TPSA) is 40.5 Å². The molecule has 3 nitrogen and oxygen atoms in total. The lowest BCUT2D eigenvalue weighted by atomic mass is 10.0. The number of nitrogens with zero attached hydrogens (tertiary/aromatic N) is 1. The number of halogens is 2. The van der Waals surface area contributed by atoms with Crippen molar-refractivity contribution >= 4 is 35.2 Å². The van der Waals surface area contributed by atoms with Gasteiger partial charge in [-0.2, -0.15) is 0 Å². The largest absolute Gasteiger partial charge is 0.394 e. The van der Waals surface area contributed by atoms with E-state index in [4.69, 9.17) is 23.2 Å². The van der Waals surface area contributed by atoms with Crippen LogP contribution in [0.1, 0.15) is 24.8 Å². The van der Waals surface area contributed by atoms with Crippen LogP contribution in [0.25, 0.3) is 6.08 Å². The number of amides is 1. The average Bonchev–Trinajstić information content (AvgIpc) is 2.48. The molecule has 5 heteroatoms. The molecule has 1 fully saturated rings. The highest BCUT2D eigenvalue weighted by atomic mass is 35.5. The molecule has 0 saturated carbocycles. The van der Waals surface area contributed by atoms with Gasteiger partial charge in [0.05, 0.1) is 22.7 Å². The zero-order valence-electron chi connectivity index (χ0n) is 11.1. The zero-order chi connectivity index (χ0) is 14.5. The fraction of sp³-hybridized carbons (Fsp3) is 0.400. The summed E-state index contributed by atoms with van der Waals surface area (Å²) in [7, 11) is 0. The van der Waals surface area contributed by atoms with E-state index in [2.05, 4.69) is 0 Å². The van der Waals surface area contributed by atoms with E-state index >= 15 is 0 Å². The van der Waals surface area contributed by atoms with Crippen molar-refractivity contribution in [2.45, 2.75) is 25.3 Å². The van der Waals surface area contributed by atoms with E-state index in [1.807, 2.05) is 0 Å². The van der Waals surface area contributed by atoms with Gasteiger partial charge in [-0.05, 0) is 43.0 Å². The van der Waals surface area contributed by atoms with E-state index in [-0.39, 0.29) is 18.6 Å². The summed E-state index contributed by atoms with van der Waals surface area (Å²) < 4.78 is 0. The van der Waals surface area contributed by atoms with E-state index in [1.165, 1.54) is 6.08 Å². The Labute approximate surface area is 128 Å². The number of carbonyl (C=O) groups is 1. The third kappa shape index (κ3) is 3.75. The summed E-state index contributed by atoms with van der Waals surface area (Å²) in [6.45, 7) is 0.724. The van der Waals surface area contributed by atoms with E-state index in [9.17, 15) is 9.90 Å². The Morgan fingerprint density at radius 1 is 1.35 bits per heavy atom. The highest BCUT2D eigenvalue weighted by molar-refractivity contribution is 6.42. The average molecular weight is 314 g/mol. The van der Waals surface area contributed by atoms with Crippen LogP contribution >= 0.6 is 23.2 Å². The highest BCUT2D eigenvalue weighted by Gasteiger charge is 2.24. The Hall–Kier alpha value is -1.03. The molecule has 0 aromatic heterocycles. The maximum absolute atomic E-state index is 12.2. The molecular formula is C15H17Cl2NO2. The van der Waals surface area contributed by atoms with Crippen LogP contribution in [0.5, 0.6) is 0 Å². The molecule has 2 rings (SSSR count). The molecule has 1 amide bonds. The van der Waals surface area contributed by atoms with Crippen molar-refractivity contribution in [3.63, 3.8) is 0 Å². The van der Waals surface area contributed by atoms with Crippen LogP contribution in [0.4, 0.5) is 0 Å². The molecule has 1 aromatic carbocycles. The van der Waals surface area contributed by atoms with Crippen LogP contribution in [-0.4, -0.2) is 35.1 Å². The third-order valence-corrected chi connectivity index (χ3v) is 4.22. The van der Waals surface area contributed by atoms with Crippen LogP contribution in [0.2, 0.25) is 10.0 Å². The molecular weight excluding hydrogens is 297 g/mol. The number of hydrogen-bond acceptors (Lipinski definition) is 2. The van der Waals surface area contributed by atoms with Gasteiger partial charge in [0.1, 0.15) is 0 Å². The molecule has 1 unspecified atom stereocenters. The second kappa shape index (κ2) is 7.11. The molecule has 0 spiro atoms. The van der Waals surface area contributed by atoms with Gasteiger partial charge in [0.25, 0.3) is 0 Å². The first kappa shape index (κ1) is 15.4. The normalized spacial score (nSPS) is 19.6. The summed E-state index contributed by atoms with van der Waals surface area (Å²) in [5, 5.41) is 10.3. The fourth-order valence-corrected chi connectivity index (χ4v) is 2.67. The smallest absolute Gasteiger partial charge is 0.246 e. The fourth-order valence-electron chi connectivity index (χ4n) is 2.36. The molecule has 0 radical (unpaired) electrons. The van der Waals surface area contributed by atoms with Crippen molar-refractivity contribution in [2.24, 2.45) is 0 Å². The first-order valence-electron chi connectivity index (χ1n) is 6.66. The van der Waals surface area contributed by atoms with Gasteiger partial charge in [-0.15, -0.1) is 0 Å². The van der Waals surface area contributed by atoms with Crippen molar-refractivity contribution in [1.29, 1.82) is 0 Å². The highest BCUT2D eigenvalue weighted by Crippen LogP contribution is 2.23. The number of aliphatic hydroxyl groups is 1. The molecule has 1 aliphatic rings. The van der Waals surface area contributed by atoms with Gasteiger partial charge >= 0.3 is 0 Å². The predicted molar refractivity (Wildman–Crippen MR) is 81.9 cm³/mol. The van der Waals surface area contributed by atoms with E-state index < -0.39 is 0 Å². The summed E-state index contributed by atoms with van der Waals surface area (Å²) in [6, 6.07) is 5.16. The Bertz CT molecular complexity index is 517. The summed E-state index contributed by atoms with van der Waals surface area (Å²) in [6.07, 6.45) is 6.15. The van der Waals surface area contributed by atoms with Gasteiger partial charge in [-0.25, -0.2) is 0 Å². The van der Waals surface area contributed by atoms with Crippen molar-refractivity contribution in [1.82, 2.24) is 4.90 Å². The predicted octanol–water partition coefficient (Wildman–Crippen LogP) is 3.38. The van der Waals surface area contributed by atoms with Gasteiger partial charge < -0.3 is 10.0 Å². The van der Waals surface area contributed by atoms with Crippen molar-refractivity contribution in [3.05, 3.63) is 39.9 Å². The lowest BCUT2D eigenvalue weighted by Crippen LogP contribution is -2.44. The lowest BCUT2D eigenvalue weighted by molar-refractivity contribution is -0.130. The van der Waals surface area contributed by atoms with Crippen molar-refractivity contribution in [3.8, 4) is 0 Å². The van der Waals surface area contributed by atoms with Gasteiger partial charge in [0.2, 0.25) is 5.91 Å². The molecule has 1 N–H and O–H groups in total. The van der Waals surface area contributed by atoms with Crippen LogP contribution < -0.4 is 0 Å². The van der Waals surface area contributed by atoms with Crippen molar-refractivity contribution < 1.29 is 9.90 Å². The minimum absolute atomic E-state index is 0.0202. The SMILES string of the molecule is O=C(/C=C/c1ccc(Cl)c(Cl)c1)N1CCCCC1CO. The zero-order valence-corrected chi connectivity index (χ0v) is 12.6. The standard InChI is InChI=1S/C15H17Cl2NO2/c16-13-6-4-11(9-14(13)17)5-7-15(20)18-8-2-1-3-12(18)10-19/h4-7,9,12,19H,1-3,8,10H2/b7-5+. The third-order valence-electron chi connectivity index (χ3n) is 3.48. The molecule has 1 saturated heterocycles. The van der Waals surface area contributed by atoms with Gasteiger partial charge in [-0.1, -0.05) is 29.3 Å². The molecule has 1 atom stereocenters. The molecule has 1 aromatic rings. The first-order chi connectivity index (χ1) is 9.61. The quantitative estimate of drug-likeness (QED) is 0.869. The summed E-state index contributed by atoms with van der Waals surface area (Å²) in [4.78, 5) is 13.9. The van der Waals surface area contributed by atoms with Crippen molar-refractivity contribution in [2.75, 3.05) is 13.2 Å². The Balaban J connectivity index is 2.05. The summed E-state index contributed by atoms with van der Waals surface area (Å²) >= 11 is 11.8. The number of aliphatic hydroxyl groups excluding tert-OH is 1. The number of likely N-dealkylation sites (tertiary alicyclic amines) is 1. The number of hydrogen-bond donors (Lipinski definition) is 1. The number of rotatable bonds is 3. The molecule has 0 aliphatic carbocycles. The summed E-state index contributed by atoms with van der Waals surface area (Å²) in [5.41, 5.74) is 0.824. The first-order valence-corrected chi connectivity index (χ1v) is 7.42. The van der Waals surface area contributed by atoms with Gasteiger partial charge in [0, 0.05) is 12.6 Å². The molecule has 20 heavy (non-hydrogen) atoms. The summed E-state index contributed by atoms with van der Waals surface area (Å²) in [5.74, 6) is -0.0742. The van der Waals surface area contributed by atoms with Crippen LogP contribution in [0.3, 0.4) is 0 Å². The van der Waals surface area contributed by atoms with Crippen LogP contribution in [0.15, 0.2) is 24.3 Å². The van der Waals surface area contributed by atoms with Gasteiger partial charge in [-0.3, -0.25) is 4.79 Å². The van der Waals surface area contributed by atoms with E-state index in [1.54, 1.807) is 29.2 Å². The van der Waals surface area contributed by atoms with Crippen LogP contribution in [-0.2, 0) is 4.79 Å². The Kier molecular flexibility index (Phi) is 5.46. The van der Waals surface area contributed by atoms with Gasteiger partial charge in [0.15, 0.2) is 0 Å². The second-order valence-electron chi connectivity index (χ2n) is 4.87. The molecule has 108 valence electrons. The monoisotopic (exact) mass is 313 g/mol. The number of benzene rings is 1. The number of piperidine rings is 1. The number of carbonyl (C=O) groups excluding carboxylic acids is 1. The van der Waals surface area contributed by atoms with Crippen LogP contribution in [0, 0.1) is 0 Å². The van der Waals surface area contributed by atoms with E-state index in [0.717, 1.165) is 24.8 Å². The molecule has 1 heterocycles. The Morgan fingerprint density at radius 2 is 2.15 bits per heavy atom. The minimum Gasteiger partial charge on any atom is -0.394 e. The molecule has 0 bridgehead atoms. The maximum atomic E-state index is 12.2. The molecule has 1 aliphatic heterocycles. The van der Waals surface area contributed by atoms with E-state index in [0.29, 0.717) is 16.6 Å². The lowest BCUT2D eigenvalue weighted by Gasteiger charge is -2.33. The second-order valence-corrected chi connectivity index (χ2v) is 5.69.